The van der Waals surface area contributed by atoms with Crippen molar-refractivity contribution in [1.29, 1.82) is 5.26 Å². The van der Waals surface area contributed by atoms with Gasteiger partial charge < -0.3 is 5.32 Å². The number of nitriles is 1. The van der Waals surface area contributed by atoms with Gasteiger partial charge in [-0.05, 0) is 66.0 Å². The van der Waals surface area contributed by atoms with Crippen LogP contribution in [-0.4, -0.2) is 13.0 Å². The molecule has 1 amide bonds. The van der Waals surface area contributed by atoms with Crippen molar-refractivity contribution in [3.8, 4) is 6.07 Å². The molecule has 2 aromatic carbocycles. The van der Waals surface area contributed by atoms with Gasteiger partial charge in [-0.1, -0.05) is 55.2 Å². The Hall–Kier alpha value is -2.02. The summed E-state index contributed by atoms with van der Waals surface area (Å²) < 4.78 is 0. The van der Waals surface area contributed by atoms with Crippen LogP contribution < -0.4 is 5.32 Å². The van der Waals surface area contributed by atoms with Crippen molar-refractivity contribution in [2.75, 3.05) is 7.05 Å². The van der Waals surface area contributed by atoms with Crippen LogP contribution in [0, 0.1) is 22.7 Å². The first-order valence-corrected chi connectivity index (χ1v) is 10.2. The minimum Gasteiger partial charge on any atom is -0.359 e. The van der Waals surface area contributed by atoms with Crippen LogP contribution in [0.4, 0.5) is 0 Å². The number of nitrogens with zero attached hydrogens (tertiary/aromatic N) is 1. The molecule has 0 bridgehead atoms. The molecule has 28 heavy (non-hydrogen) atoms. The third kappa shape index (κ3) is 3.64. The van der Waals surface area contributed by atoms with Crippen LogP contribution in [0.15, 0.2) is 42.5 Å². The molecule has 0 radical (unpaired) electrons. The van der Waals surface area contributed by atoms with Crippen molar-refractivity contribution in [3.63, 3.8) is 0 Å². The number of halogens is 2. The molecule has 4 unspecified atom stereocenters. The summed E-state index contributed by atoms with van der Waals surface area (Å²) in [7, 11) is 1.69. The van der Waals surface area contributed by atoms with Crippen LogP contribution in [0.3, 0.4) is 0 Å². The molecule has 3 rings (SSSR count). The SMILES string of the molecule is CNC(=O)C1(C)CCC(c2ccc(Cl)cc2C#N)C(c2ccc(Cl)cc2)C1C. The molecule has 0 heterocycles. The lowest BCUT2D eigenvalue weighted by atomic mass is 9.56. The van der Waals surface area contributed by atoms with Gasteiger partial charge >= 0.3 is 0 Å². The Labute approximate surface area is 176 Å². The molecular weight excluding hydrogens is 391 g/mol. The van der Waals surface area contributed by atoms with Gasteiger partial charge in [0, 0.05) is 22.5 Å². The molecule has 4 atom stereocenters. The van der Waals surface area contributed by atoms with Gasteiger partial charge in [-0.3, -0.25) is 4.79 Å². The van der Waals surface area contributed by atoms with Gasteiger partial charge in [0.1, 0.15) is 0 Å². The predicted octanol–water partition coefficient (Wildman–Crippen LogP) is 5.91. The largest absolute Gasteiger partial charge is 0.359 e. The van der Waals surface area contributed by atoms with Gasteiger partial charge in [0.05, 0.1) is 11.6 Å². The summed E-state index contributed by atoms with van der Waals surface area (Å²) in [5, 5.41) is 13.8. The first-order chi connectivity index (χ1) is 13.3. The van der Waals surface area contributed by atoms with Gasteiger partial charge in [0.2, 0.25) is 5.91 Å². The Kier molecular flexibility index (Phi) is 6.03. The highest BCUT2D eigenvalue weighted by Gasteiger charge is 2.49. The molecule has 0 aromatic heterocycles. The van der Waals surface area contributed by atoms with Crippen LogP contribution in [0.1, 0.15) is 55.2 Å². The summed E-state index contributed by atoms with van der Waals surface area (Å²) in [6.45, 7) is 4.19. The zero-order chi connectivity index (χ0) is 20.5. The molecule has 5 heteroatoms. The highest BCUT2D eigenvalue weighted by molar-refractivity contribution is 6.30. The lowest BCUT2D eigenvalue weighted by molar-refractivity contribution is -0.135. The van der Waals surface area contributed by atoms with E-state index in [9.17, 15) is 10.1 Å². The molecular formula is C23H24Cl2N2O. The zero-order valence-electron chi connectivity index (χ0n) is 16.3. The van der Waals surface area contributed by atoms with Crippen molar-refractivity contribution in [2.24, 2.45) is 11.3 Å². The first-order valence-electron chi connectivity index (χ1n) is 9.49. The quantitative estimate of drug-likeness (QED) is 0.677. The van der Waals surface area contributed by atoms with E-state index in [0.717, 1.165) is 24.0 Å². The average Bonchev–Trinajstić information content (AvgIpc) is 2.70. The molecule has 1 aliphatic rings. The van der Waals surface area contributed by atoms with Gasteiger partial charge in [0.15, 0.2) is 0 Å². The van der Waals surface area contributed by atoms with E-state index < -0.39 is 5.41 Å². The van der Waals surface area contributed by atoms with Crippen LogP contribution in [0.5, 0.6) is 0 Å². The fourth-order valence-electron chi connectivity index (χ4n) is 4.72. The molecule has 0 saturated heterocycles. The Balaban J connectivity index is 2.13. The number of carbonyl (C=O) groups excluding carboxylic acids is 1. The monoisotopic (exact) mass is 414 g/mol. The fraction of sp³-hybridized carbons (Fsp3) is 0.391. The number of nitrogens with one attached hydrogen (secondary N) is 1. The maximum atomic E-state index is 12.7. The minimum absolute atomic E-state index is 0.0639. The van der Waals surface area contributed by atoms with E-state index in [1.165, 1.54) is 0 Å². The van der Waals surface area contributed by atoms with Crippen LogP contribution in [0.2, 0.25) is 10.0 Å². The third-order valence-corrected chi connectivity index (χ3v) is 6.97. The number of hydrogen-bond acceptors (Lipinski definition) is 2. The molecule has 0 spiro atoms. The van der Waals surface area contributed by atoms with E-state index in [-0.39, 0.29) is 23.7 Å². The standard InChI is InChI=1S/C23H24Cl2N2O/c1-14-21(15-4-6-17(24)7-5-15)20(10-11-23(14,2)22(28)27-3)19-9-8-18(25)12-16(19)13-26/h4-9,12,14,20-21H,10-11H2,1-3H3,(H,27,28). The van der Waals surface area contributed by atoms with Crippen molar-refractivity contribution in [1.82, 2.24) is 5.32 Å². The summed E-state index contributed by atoms with van der Waals surface area (Å²) in [6.07, 6.45) is 1.58. The van der Waals surface area contributed by atoms with Crippen molar-refractivity contribution in [2.45, 2.75) is 38.5 Å². The number of carbonyl (C=O) groups is 1. The van der Waals surface area contributed by atoms with Crippen LogP contribution >= 0.6 is 23.2 Å². The molecule has 1 fully saturated rings. The number of rotatable bonds is 3. The molecule has 1 aliphatic carbocycles. The Bertz CT molecular complexity index is 919. The summed E-state index contributed by atoms with van der Waals surface area (Å²) in [5.74, 6) is 0.353. The van der Waals surface area contributed by atoms with E-state index in [0.29, 0.717) is 15.6 Å². The molecule has 1 N–H and O–H groups in total. The molecule has 146 valence electrons. The van der Waals surface area contributed by atoms with Gasteiger partial charge in [-0.25, -0.2) is 0 Å². The predicted molar refractivity (Wildman–Crippen MR) is 114 cm³/mol. The van der Waals surface area contributed by atoms with Crippen molar-refractivity contribution in [3.05, 3.63) is 69.2 Å². The molecule has 0 aliphatic heterocycles. The van der Waals surface area contributed by atoms with Crippen LogP contribution in [0.25, 0.3) is 0 Å². The van der Waals surface area contributed by atoms with E-state index in [1.54, 1.807) is 13.1 Å². The second-order valence-corrected chi connectivity index (χ2v) is 8.72. The molecule has 1 saturated carbocycles. The summed E-state index contributed by atoms with van der Waals surface area (Å²) in [4.78, 5) is 12.7. The number of amides is 1. The van der Waals surface area contributed by atoms with E-state index in [2.05, 4.69) is 18.3 Å². The maximum Gasteiger partial charge on any atom is 0.225 e. The molecule has 2 aromatic rings. The first kappa shape index (κ1) is 20.7. The third-order valence-electron chi connectivity index (χ3n) is 6.49. The lowest BCUT2D eigenvalue weighted by Gasteiger charge is -2.47. The summed E-state index contributed by atoms with van der Waals surface area (Å²) >= 11 is 12.2. The highest BCUT2D eigenvalue weighted by Crippen LogP contribution is 2.55. The zero-order valence-corrected chi connectivity index (χ0v) is 17.8. The summed E-state index contributed by atoms with van der Waals surface area (Å²) in [5.41, 5.74) is 2.26. The van der Waals surface area contributed by atoms with E-state index >= 15 is 0 Å². The Morgan fingerprint density at radius 2 is 1.82 bits per heavy atom. The van der Waals surface area contributed by atoms with E-state index in [4.69, 9.17) is 23.2 Å². The maximum absolute atomic E-state index is 12.7. The Morgan fingerprint density at radius 3 is 2.43 bits per heavy atom. The second kappa shape index (κ2) is 8.15. The normalized spacial score (nSPS) is 27.1. The van der Waals surface area contributed by atoms with Gasteiger partial charge in [0.25, 0.3) is 0 Å². The number of hydrogen-bond donors (Lipinski definition) is 1. The molecule has 3 nitrogen and oxygen atoms in total. The fourth-order valence-corrected chi connectivity index (χ4v) is 5.01. The minimum atomic E-state index is -0.477. The average molecular weight is 415 g/mol. The van der Waals surface area contributed by atoms with Gasteiger partial charge in [-0.15, -0.1) is 0 Å². The number of benzene rings is 2. The Morgan fingerprint density at radius 1 is 1.18 bits per heavy atom. The van der Waals surface area contributed by atoms with Crippen molar-refractivity contribution < 1.29 is 4.79 Å². The van der Waals surface area contributed by atoms with E-state index in [1.807, 2.05) is 43.3 Å². The smallest absolute Gasteiger partial charge is 0.225 e. The highest BCUT2D eigenvalue weighted by atomic mass is 35.5. The lowest BCUT2D eigenvalue weighted by Crippen LogP contribution is -2.47. The van der Waals surface area contributed by atoms with Crippen molar-refractivity contribution >= 4 is 29.1 Å². The topological polar surface area (TPSA) is 52.9 Å². The summed E-state index contributed by atoms with van der Waals surface area (Å²) in [6, 6.07) is 15.7. The second-order valence-electron chi connectivity index (χ2n) is 7.85. The van der Waals surface area contributed by atoms with Gasteiger partial charge in [-0.2, -0.15) is 5.26 Å². The van der Waals surface area contributed by atoms with Crippen LogP contribution in [-0.2, 0) is 4.79 Å².